The second-order valence-corrected chi connectivity index (χ2v) is 6.59. The number of carbonyl (C=O) groups excluding carboxylic acids is 1. The molecule has 2 rings (SSSR count). The van der Waals surface area contributed by atoms with Crippen molar-refractivity contribution in [2.75, 3.05) is 6.54 Å². The molecule has 1 aliphatic rings. The first-order valence-corrected chi connectivity index (χ1v) is 8.50. The molecule has 0 saturated carbocycles. The van der Waals surface area contributed by atoms with E-state index < -0.39 is 12.5 Å². The Balaban J connectivity index is 2.25. The van der Waals surface area contributed by atoms with Crippen molar-refractivity contribution in [3.8, 4) is 0 Å². The third-order valence-electron chi connectivity index (χ3n) is 4.41. The maximum absolute atomic E-state index is 13.0. The summed E-state index contributed by atoms with van der Waals surface area (Å²) in [5.41, 5.74) is 0.254. The average Bonchev–Trinajstić information content (AvgIpc) is 2.82. The molecule has 1 amide bonds. The molecule has 1 aromatic heterocycles. The van der Waals surface area contributed by atoms with E-state index in [0.717, 1.165) is 32.2 Å². The predicted molar refractivity (Wildman–Crippen MR) is 84.0 cm³/mol. The molecule has 4 nitrogen and oxygen atoms in total. The van der Waals surface area contributed by atoms with Gasteiger partial charge in [-0.3, -0.25) is 9.48 Å². The minimum atomic E-state index is -2.66. The second kappa shape index (κ2) is 7.06. The minimum Gasteiger partial charge on any atom is -0.338 e. The van der Waals surface area contributed by atoms with E-state index in [1.807, 2.05) is 4.90 Å². The topological polar surface area (TPSA) is 38.1 Å². The minimum absolute atomic E-state index is 0.0366. The number of hydrogen-bond acceptors (Lipinski definition) is 2. The third kappa shape index (κ3) is 3.19. The zero-order valence-corrected chi connectivity index (χ0v) is 14.7. The predicted octanol–water partition coefficient (Wildman–Crippen LogP) is 4.24. The van der Waals surface area contributed by atoms with Gasteiger partial charge in [0.2, 0.25) is 5.91 Å². The summed E-state index contributed by atoms with van der Waals surface area (Å²) >= 11 is 3.15. The van der Waals surface area contributed by atoms with Crippen LogP contribution in [0.25, 0.3) is 0 Å². The van der Waals surface area contributed by atoms with Crippen molar-refractivity contribution in [1.29, 1.82) is 0 Å². The van der Waals surface area contributed by atoms with Gasteiger partial charge in [-0.2, -0.15) is 5.10 Å². The third-order valence-corrected chi connectivity index (χ3v) is 5.39. The number of aromatic nitrogens is 2. The van der Waals surface area contributed by atoms with Crippen molar-refractivity contribution in [3.05, 3.63) is 15.9 Å². The van der Waals surface area contributed by atoms with Gasteiger partial charge in [-0.25, -0.2) is 8.78 Å². The van der Waals surface area contributed by atoms with Crippen LogP contribution < -0.4 is 0 Å². The fourth-order valence-electron chi connectivity index (χ4n) is 3.10. The van der Waals surface area contributed by atoms with Crippen LogP contribution in [0.1, 0.15) is 63.4 Å². The first-order valence-electron chi connectivity index (χ1n) is 7.71. The van der Waals surface area contributed by atoms with E-state index in [4.69, 9.17) is 0 Å². The molecule has 0 aliphatic carbocycles. The maximum Gasteiger partial charge on any atom is 0.283 e. The Hall–Kier alpha value is -0.980. The van der Waals surface area contributed by atoms with E-state index in [1.54, 1.807) is 13.8 Å². The summed E-state index contributed by atoms with van der Waals surface area (Å²) in [5.74, 6) is -0.0366. The van der Waals surface area contributed by atoms with Gasteiger partial charge in [0, 0.05) is 12.6 Å². The molecule has 1 aromatic rings. The van der Waals surface area contributed by atoms with Gasteiger partial charge in [-0.05, 0) is 55.5 Å². The van der Waals surface area contributed by atoms with Gasteiger partial charge in [0.25, 0.3) is 6.43 Å². The molecule has 22 heavy (non-hydrogen) atoms. The molecular formula is C15H22BrF2N3O. The van der Waals surface area contributed by atoms with Gasteiger partial charge in [-0.1, -0.05) is 6.92 Å². The number of nitrogens with zero attached hydrogens (tertiary/aromatic N) is 3. The number of piperidine rings is 1. The number of amides is 1. The molecule has 2 heterocycles. The van der Waals surface area contributed by atoms with Gasteiger partial charge < -0.3 is 4.90 Å². The molecule has 1 aliphatic heterocycles. The Morgan fingerprint density at radius 1 is 1.45 bits per heavy atom. The van der Waals surface area contributed by atoms with E-state index in [1.165, 1.54) is 4.68 Å². The first-order chi connectivity index (χ1) is 10.4. The summed E-state index contributed by atoms with van der Waals surface area (Å²) in [5, 5.41) is 3.95. The van der Waals surface area contributed by atoms with Crippen molar-refractivity contribution < 1.29 is 13.6 Å². The van der Waals surface area contributed by atoms with Crippen molar-refractivity contribution in [2.45, 2.75) is 65.0 Å². The van der Waals surface area contributed by atoms with Gasteiger partial charge in [0.1, 0.15) is 11.7 Å². The average molecular weight is 378 g/mol. The zero-order valence-electron chi connectivity index (χ0n) is 13.2. The van der Waals surface area contributed by atoms with E-state index in [2.05, 4.69) is 28.0 Å². The Labute approximate surface area is 138 Å². The fraction of sp³-hybridized carbons (Fsp3) is 0.733. The highest BCUT2D eigenvalue weighted by Crippen LogP contribution is 2.31. The van der Waals surface area contributed by atoms with E-state index >= 15 is 0 Å². The lowest BCUT2D eigenvalue weighted by molar-refractivity contribution is -0.138. The van der Waals surface area contributed by atoms with E-state index in [0.29, 0.717) is 5.69 Å². The van der Waals surface area contributed by atoms with Gasteiger partial charge in [-0.15, -0.1) is 0 Å². The van der Waals surface area contributed by atoms with Crippen LogP contribution in [-0.4, -0.2) is 33.2 Å². The maximum atomic E-state index is 13.0. The summed E-state index contributed by atoms with van der Waals surface area (Å²) in [6, 6.07) is -0.325. The van der Waals surface area contributed by atoms with Crippen molar-refractivity contribution in [3.63, 3.8) is 0 Å². The Bertz CT molecular complexity index is 547. The van der Waals surface area contributed by atoms with Crippen LogP contribution in [0, 0.1) is 6.92 Å². The molecule has 0 radical (unpaired) electrons. The summed E-state index contributed by atoms with van der Waals surface area (Å²) < 4.78 is 27.6. The number of likely N-dealkylation sites (tertiary alicyclic amines) is 1. The molecule has 0 bridgehead atoms. The molecular weight excluding hydrogens is 356 g/mol. The van der Waals surface area contributed by atoms with Gasteiger partial charge >= 0.3 is 0 Å². The number of alkyl halides is 2. The number of carbonyl (C=O) groups is 1. The van der Waals surface area contributed by atoms with Crippen molar-refractivity contribution in [2.24, 2.45) is 0 Å². The highest BCUT2D eigenvalue weighted by molar-refractivity contribution is 9.10. The lowest BCUT2D eigenvalue weighted by Gasteiger charge is -2.37. The van der Waals surface area contributed by atoms with E-state index in [-0.39, 0.29) is 22.1 Å². The van der Waals surface area contributed by atoms with Crippen LogP contribution >= 0.6 is 15.9 Å². The monoisotopic (exact) mass is 377 g/mol. The Kier molecular flexibility index (Phi) is 5.58. The highest BCUT2D eigenvalue weighted by Gasteiger charge is 2.32. The zero-order chi connectivity index (χ0) is 16.4. The lowest BCUT2D eigenvalue weighted by atomic mass is 9.99. The Morgan fingerprint density at radius 2 is 2.14 bits per heavy atom. The summed E-state index contributed by atoms with van der Waals surface area (Å²) in [4.78, 5) is 14.7. The normalized spacial score (nSPS) is 20.5. The standard InChI is InChI=1S/C15H22BrF2N3O/c1-4-11-7-5-6-8-20(11)15(22)10(3)21-9(2)12(16)13(19-21)14(17)18/h10-11,14H,4-8H2,1-3H3/t10-,11-/m0/s1. The van der Waals surface area contributed by atoms with Crippen LogP contribution in [0.3, 0.4) is 0 Å². The molecule has 0 N–H and O–H groups in total. The first kappa shape index (κ1) is 17.4. The lowest BCUT2D eigenvalue weighted by Crippen LogP contribution is -2.46. The quantitative estimate of drug-likeness (QED) is 0.786. The second-order valence-electron chi connectivity index (χ2n) is 5.80. The van der Waals surface area contributed by atoms with Crippen LogP contribution in [0.4, 0.5) is 8.78 Å². The van der Waals surface area contributed by atoms with Gasteiger partial charge in [0.05, 0.1) is 10.2 Å². The number of rotatable bonds is 4. The van der Waals surface area contributed by atoms with Crippen molar-refractivity contribution in [1.82, 2.24) is 14.7 Å². The summed E-state index contributed by atoms with van der Waals surface area (Å²) in [6.07, 6.45) is 1.41. The highest BCUT2D eigenvalue weighted by atomic mass is 79.9. The summed E-state index contributed by atoms with van der Waals surface area (Å²) in [6.45, 7) is 6.24. The molecule has 0 spiro atoms. The molecule has 1 fully saturated rings. The van der Waals surface area contributed by atoms with Gasteiger partial charge in [0.15, 0.2) is 0 Å². The SMILES string of the molecule is CC[C@H]1CCCCN1C(=O)[C@H](C)n1nc(C(F)F)c(Br)c1C. The molecule has 1 saturated heterocycles. The van der Waals surface area contributed by atoms with Crippen LogP contribution in [0.2, 0.25) is 0 Å². The van der Waals surface area contributed by atoms with Crippen LogP contribution in [0.5, 0.6) is 0 Å². The fourth-order valence-corrected chi connectivity index (χ4v) is 3.53. The molecule has 0 unspecified atom stereocenters. The smallest absolute Gasteiger partial charge is 0.283 e. The molecule has 2 atom stereocenters. The summed E-state index contributed by atoms with van der Waals surface area (Å²) in [7, 11) is 0. The largest absolute Gasteiger partial charge is 0.338 e. The molecule has 124 valence electrons. The van der Waals surface area contributed by atoms with E-state index in [9.17, 15) is 13.6 Å². The number of hydrogen-bond donors (Lipinski definition) is 0. The number of halogens is 3. The van der Waals surface area contributed by atoms with Crippen LogP contribution in [-0.2, 0) is 4.79 Å². The van der Waals surface area contributed by atoms with Crippen molar-refractivity contribution >= 4 is 21.8 Å². The van der Waals surface area contributed by atoms with Crippen LogP contribution in [0.15, 0.2) is 4.47 Å². The molecule has 7 heteroatoms. The Morgan fingerprint density at radius 3 is 2.68 bits per heavy atom. The molecule has 0 aromatic carbocycles.